The molecular formula is C18H23ClN2O2. The van der Waals surface area contributed by atoms with E-state index < -0.39 is 5.60 Å². The van der Waals surface area contributed by atoms with Crippen molar-refractivity contribution in [2.75, 3.05) is 0 Å². The summed E-state index contributed by atoms with van der Waals surface area (Å²) in [6.45, 7) is 12.9. The zero-order valence-corrected chi connectivity index (χ0v) is 15.1. The van der Waals surface area contributed by atoms with Crippen LogP contribution in [0.2, 0.25) is 0 Å². The molecule has 0 amide bonds. The van der Waals surface area contributed by atoms with E-state index in [9.17, 15) is 4.79 Å². The fourth-order valence-electron chi connectivity index (χ4n) is 1.75. The molecule has 5 heteroatoms. The van der Waals surface area contributed by atoms with Crippen LogP contribution in [0.15, 0.2) is 41.5 Å². The van der Waals surface area contributed by atoms with Crippen molar-refractivity contribution in [3.8, 4) is 0 Å². The van der Waals surface area contributed by atoms with E-state index in [2.05, 4.69) is 16.8 Å². The molecule has 0 radical (unpaired) electrons. The molecule has 0 aromatic carbocycles. The minimum atomic E-state index is -0.547. The lowest BCUT2D eigenvalue weighted by Gasteiger charge is -2.20. The van der Waals surface area contributed by atoms with Crippen LogP contribution in [0.3, 0.4) is 0 Å². The van der Waals surface area contributed by atoms with Gasteiger partial charge in [-0.25, -0.2) is 4.79 Å². The van der Waals surface area contributed by atoms with Crippen molar-refractivity contribution in [3.63, 3.8) is 0 Å². The highest BCUT2D eigenvalue weighted by Gasteiger charge is 2.19. The zero-order valence-electron chi connectivity index (χ0n) is 14.3. The third-order valence-electron chi connectivity index (χ3n) is 2.78. The average molecular weight is 335 g/mol. The molecule has 0 N–H and O–H groups in total. The summed E-state index contributed by atoms with van der Waals surface area (Å²) in [6.07, 6.45) is 3.90. The van der Waals surface area contributed by atoms with E-state index in [0.29, 0.717) is 28.3 Å². The zero-order chi connectivity index (χ0) is 17.6. The maximum atomic E-state index is 12.3. The third-order valence-corrected chi connectivity index (χ3v) is 2.89. The van der Waals surface area contributed by atoms with Gasteiger partial charge in [0.05, 0.1) is 11.4 Å². The highest BCUT2D eigenvalue weighted by Crippen LogP contribution is 2.21. The van der Waals surface area contributed by atoms with Gasteiger partial charge in [0.15, 0.2) is 0 Å². The van der Waals surface area contributed by atoms with Crippen molar-refractivity contribution in [2.24, 2.45) is 0 Å². The minimum Gasteiger partial charge on any atom is -0.457 e. The summed E-state index contributed by atoms with van der Waals surface area (Å²) >= 11 is 5.90. The number of carbonyl (C=O) groups is 1. The summed E-state index contributed by atoms with van der Waals surface area (Å²) in [5, 5.41) is 8.52. The average Bonchev–Trinajstić information content (AvgIpc) is 2.41. The summed E-state index contributed by atoms with van der Waals surface area (Å²) in [4.78, 5) is 12.3. The first-order chi connectivity index (χ1) is 10.6. The minimum absolute atomic E-state index is 0.346. The van der Waals surface area contributed by atoms with Crippen molar-refractivity contribution < 1.29 is 9.53 Å². The van der Waals surface area contributed by atoms with E-state index in [1.54, 1.807) is 12.2 Å². The molecule has 0 bridgehead atoms. The summed E-state index contributed by atoms with van der Waals surface area (Å²) in [5.74, 6) is -0.355. The molecule has 0 aliphatic rings. The van der Waals surface area contributed by atoms with Crippen LogP contribution in [0.25, 0.3) is 5.57 Å². The van der Waals surface area contributed by atoms with Crippen molar-refractivity contribution in [2.45, 2.75) is 46.6 Å². The lowest BCUT2D eigenvalue weighted by Crippen LogP contribution is -2.24. The Morgan fingerprint density at radius 1 is 1.30 bits per heavy atom. The van der Waals surface area contributed by atoms with Gasteiger partial charge in [-0.15, -0.1) is 0 Å². The molecular weight excluding hydrogens is 312 g/mol. The van der Waals surface area contributed by atoms with Crippen LogP contribution in [0.5, 0.6) is 0 Å². The monoisotopic (exact) mass is 334 g/mol. The predicted octanol–water partition coefficient (Wildman–Crippen LogP) is 4.60. The van der Waals surface area contributed by atoms with Crippen molar-refractivity contribution in [3.05, 3.63) is 52.9 Å². The molecule has 0 unspecified atom stereocenters. The molecule has 23 heavy (non-hydrogen) atoms. The largest absolute Gasteiger partial charge is 0.457 e. The quantitative estimate of drug-likeness (QED) is 0.448. The van der Waals surface area contributed by atoms with Gasteiger partial charge in [-0.1, -0.05) is 25.1 Å². The van der Waals surface area contributed by atoms with Gasteiger partial charge in [-0.05, 0) is 58.4 Å². The fourth-order valence-corrected chi connectivity index (χ4v) is 1.87. The maximum Gasteiger partial charge on any atom is 0.334 e. The Hall–Kier alpha value is -1.94. The van der Waals surface area contributed by atoms with Gasteiger partial charge in [0.2, 0.25) is 0 Å². The molecule has 0 aliphatic carbocycles. The fraction of sp³-hybridized carbons (Fsp3) is 0.389. The Morgan fingerprint density at radius 3 is 2.39 bits per heavy atom. The van der Waals surface area contributed by atoms with Gasteiger partial charge in [-0.2, -0.15) is 10.2 Å². The number of rotatable bonds is 5. The topological polar surface area (TPSA) is 52.1 Å². The summed E-state index contributed by atoms with van der Waals surface area (Å²) in [5.41, 5.74) is 2.08. The second-order valence-corrected chi connectivity index (χ2v) is 6.62. The van der Waals surface area contributed by atoms with E-state index in [-0.39, 0.29) is 5.97 Å². The van der Waals surface area contributed by atoms with Crippen LogP contribution in [-0.4, -0.2) is 21.8 Å². The Morgan fingerprint density at radius 2 is 1.96 bits per heavy atom. The molecule has 1 heterocycles. The molecule has 0 fully saturated rings. The summed E-state index contributed by atoms with van der Waals surface area (Å²) in [7, 11) is 0. The molecule has 0 aliphatic heterocycles. The summed E-state index contributed by atoms with van der Waals surface area (Å²) < 4.78 is 5.43. The number of hydrogen-bond donors (Lipinski definition) is 0. The Balaban J connectivity index is 3.23. The number of allylic oxidation sites excluding steroid dienone is 4. The number of nitrogens with zero attached hydrogens (tertiary/aromatic N) is 2. The maximum absolute atomic E-state index is 12.3. The van der Waals surface area contributed by atoms with Gasteiger partial charge in [0.25, 0.3) is 0 Å². The number of carbonyl (C=O) groups excluding carboxylic acids is 1. The predicted molar refractivity (Wildman–Crippen MR) is 94.0 cm³/mol. The van der Waals surface area contributed by atoms with E-state index >= 15 is 0 Å². The molecule has 0 saturated heterocycles. The molecule has 124 valence electrons. The number of esters is 1. The van der Waals surface area contributed by atoms with Crippen LogP contribution in [0.4, 0.5) is 0 Å². The Kier molecular flexibility index (Phi) is 6.70. The molecule has 1 aromatic rings. The number of aryl methyl sites for hydroxylation is 1. The van der Waals surface area contributed by atoms with Crippen molar-refractivity contribution in [1.82, 2.24) is 10.2 Å². The molecule has 4 nitrogen and oxygen atoms in total. The van der Waals surface area contributed by atoms with Gasteiger partial charge >= 0.3 is 5.97 Å². The van der Waals surface area contributed by atoms with Crippen LogP contribution in [-0.2, 0) is 9.53 Å². The Bertz CT molecular complexity index is 638. The highest BCUT2D eigenvalue weighted by atomic mass is 35.5. The molecule has 1 aromatic heterocycles. The van der Waals surface area contributed by atoms with E-state index in [0.717, 1.165) is 5.69 Å². The molecule has 0 atom stereocenters. The first-order valence-corrected chi connectivity index (χ1v) is 7.81. The lowest BCUT2D eigenvalue weighted by atomic mass is 10.1. The lowest BCUT2D eigenvalue weighted by molar-refractivity contribution is -0.150. The number of halogens is 1. The van der Waals surface area contributed by atoms with Crippen LogP contribution < -0.4 is 0 Å². The molecule has 0 spiro atoms. The first kappa shape index (κ1) is 19.1. The smallest absolute Gasteiger partial charge is 0.334 e. The highest BCUT2D eigenvalue weighted by molar-refractivity contribution is 6.31. The second kappa shape index (κ2) is 8.06. The van der Waals surface area contributed by atoms with Crippen molar-refractivity contribution in [1.29, 1.82) is 0 Å². The number of ether oxygens (including phenoxy) is 1. The normalized spacial score (nSPS) is 13.0. The SMILES string of the molecule is C=C(Cl)/C=C(/C=C(/CC)C(=O)OC(C)(C)C)c1ccc(C)nn1. The molecule has 1 rings (SSSR count). The van der Waals surface area contributed by atoms with Gasteiger partial charge in [-0.3, -0.25) is 0 Å². The third kappa shape index (κ3) is 6.78. The number of aromatic nitrogens is 2. The first-order valence-electron chi connectivity index (χ1n) is 7.43. The standard InChI is InChI=1S/C18H23ClN2O2/c1-7-14(17(22)23-18(4,5)6)11-15(10-12(2)19)16-9-8-13(3)20-21-16/h8-11H,2,7H2,1,3-6H3/b14-11-,15-10-. The van der Waals surface area contributed by atoms with Crippen LogP contribution in [0.1, 0.15) is 45.5 Å². The van der Waals surface area contributed by atoms with Gasteiger partial charge in [0, 0.05) is 16.2 Å². The summed E-state index contributed by atoms with van der Waals surface area (Å²) in [6, 6.07) is 3.67. The second-order valence-electron chi connectivity index (χ2n) is 6.13. The van der Waals surface area contributed by atoms with Crippen molar-refractivity contribution >= 4 is 23.1 Å². The van der Waals surface area contributed by atoms with Gasteiger partial charge in [0.1, 0.15) is 5.60 Å². The Labute approximate surface area is 142 Å². The van der Waals surface area contributed by atoms with Gasteiger partial charge < -0.3 is 4.74 Å². The molecule has 0 saturated carbocycles. The van der Waals surface area contributed by atoms with E-state index in [1.807, 2.05) is 46.8 Å². The van der Waals surface area contributed by atoms with Crippen LogP contribution >= 0.6 is 11.6 Å². The van der Waals surface area contributed by atoms with E-state index in [4.69, 9.17) is 16.3 Å². The number of hydrogen-bond acceptors (Lipinski definition) is 4. The van der Waals surface area contributed by atoms with Crippen LogP contribution in [0, 0.1) is 6.92 Å². The van der Waals surface area contributed by atoms with E-state index in [1.165, 1.54) is 0 Å².